The number of furan rings is 1. The lowest BCUT2D eigenvalue weighted by Gasteiger charge is -2.07. The molecule has 0 aliphatic rings. The van der Waals surface area contributed by atoms with E-state index in [4.69, 9.17) is 9.15 Å². The number of benzene rings is 1. The minimum absolute atomic E-state index is 0.103. The minimum atomic E-state index is -0.348. The third-order valence-corrected chi connectivity index (χ3v) is 4.21. The molecule has 0 aliphatic carbocycles. The van der Waals surface area contributed by atoms with Crippen LogP contribution in [0.1, 0.15) is 11.3 Å². The molecule has 1 aromatic heterocycles. The number of halogens is 2. The van der Waals surface area contributed by atoms with Crippen molar-refractivity contribution in [3.8, 4) is 5.75 Å². The van der Waals surface area contributed by atoms with Crippen molar-refractivity contribution in [2.45, 2.75) is 6.92 Å². The Balaban J connectivity index is 1.81. The summed E-state index contributed by atoms with van der Waals surface area (Å²) >= 11 is 6.50. The van der Waals surface area contributed by atoms with Crippen LogP contribution in [0.4, 0.5) is 0 Å². The van der Waals surface area contributed by atoms with Crippen LogP contribution in [0, 0.1) is 6.92 Å². The second-order valence-electron chi connectivity index (χ2n) is 4.12. The molecule has 7 heteroatoms. The number of nitrogens with one attached hydrogen (secondary N) is 1. The fourth-order valence-corrected chi connectivity index (χ4v) is 2.10. The molecule has 2 aromatic rings. The highest BCUT2D eigenvalue weighted by molar-refractivity contribution is 9.13. The molecule has 0 unspecified atom stereocenters. The molecule has 1 N–H and O–H groups in total. The second-order valence-corrected chi connectivity index (χ2v) is 5.69. The molecule has 5 nitrogen and oxygen atoms in total. The number of aryl methyl sites for hydroxylation is 1. The van der Waals surface area contributed by atoms with Crippen LogP contribution in [0.25, 0.3) is 0 Å². The van der Waals surface area contributed by atoms with Crippen molar-refractivity contribution in [2.24, 2.45) is 5.10 Å². The molecule has 0 aliphatic heterocycles. The standard InChI is InChI=1S/C14H12Br2N2O3/c1-9-4-2-3-5-12(9)20-8-13(19)18-17-7-10-6-11(15)14(16)21-10/h2-7H,8H2,1H3,(H,18,19)/b17-7+. The normalized spacial score (nSPS) is 10.8. The first kappa shape index (κ1) is 15.8. The molecule has 0 saturated heterocycles. The summed E-state index contributed by atoms with van der Waals surface area (Å²) in [6.45, 7) is 1.81. The van der Waals surface area contributed by atoms with Crippen molar-refractivity contribution in [3.05, 3.63) is 50.8 Å². The van der Waals surface area contributed by atoms with Crippen molar-refractivity contribution in [2.75, 3.05) is 6.61 Å². The van der Waals surface area contributed by atoms with Gasteiger partial charge in [-0.05, 0) is 50.4 Å². The number of carbonyl (C=O) groups is 1. The highest BCUT2D eigenvalue weighted by Crippen LogP contribution is 2.25. The van der Waals surface area contributed by atoms with Gasteiger partial charge in [0.25, 0.3) is 5.91 Å². The second kappa shape index (κ2) is 7.42. The van der Waals surface area contributed by atoms with E-state index < -0.39 is 0 Å². The highest BCUT2D eigenvalue weighted by atomic mass is 79.9. The van der Waals surface area contributed by atoms with E-state index in [1.54, 1.807) is 6.07 Å². The molecule has 0 spiro atoms. The molecular weight excluding hydrogens is 404 g/mol. The van der Waals surface area contributed by atoms with Gasteiger partial charge in [-0.3, -0.25) is 4.79 Å². The monoisotopic (exact) mass is 414 g/mol. The summed E-state index contributed by atoms with van der Waals surface area (Å²) in [4.78, 5) is 11.6. The van der Waals surface area contributed by atoms with E-state index in [9.17, 15) is 4.79 Å². The average molecular weight is 416 g/mol. The van der Waals surface area contributed by atoms with E-state index in [2.05, 4.69) is 42.4 Å². The van der Waals surface area contributed by atoms with Gasteiger partial charge in [0, 0.05) is 6.07 Å². The van der Waals surface area contributed by atoms with Gasteiger partial charge in [0.1, 0.15) is 11.5 Å². The van der Waals surface area contributed by atoms with Gasteiger partial charge < -0.3 is 9.15 Å². The largest absolute Gasteiger partial charge is 0.483 e. The Morgan fingerprint density at radius 1 is 1.43 bits per heavy atom. The van der Waals surface area contributed by atoms with E-state index in [-0.39, 0.29) is 12.5 Å². The number of ether oxygens (including phenoxy) is 1. The van der Waals surface area contributed by atoms with Gasteiger partial charge in [0.2, 0.25) is 0 Å². The van der Waals surface area contributed by atoms with Crippen LogP contribution in [-0.2, 0) is 4.79 Å². The van der Waals surface area contributed by atoms with Gasteiger partial charge in [0.15, 0.2) is 11.3 Å². The third-order valence-electron chi connectivity index (χ3n) is 2.50. The predicted octanol–water partition coefficient (Wildman–Crippen LogP) is 3.64. The van der Waals surface area contributed by atoms with Crippen LogP contribution in [0.5, 0.6) is 5.75 Å². The highest BCUT2D eigenvalue weighted by Gasteiger charge is 2.05. The van der Waals surface area contributed by atoms with E-state index in [0.29, 0.717) is 16.2 Å². The summed E-state index contributed by atoms with van der Waals surface area (Å²) in [5.74, 6) is 0.837. The Morgan fingerprint density at radius 2 is 2.19 bits per heavy atom. The quantitative estimate of drug-likeness (QED) is 0.598. The molecule has 0 fully saturated rings. The van der Waals surface area contributed by atoms with Crippen molar-refractivity contribution >= 4 is 44.0 Å². The van der Waals surface area contributed by atoms with Crippen LogP contribution in [-0.4, -0.2) is 18.7 Å². The molecule has 0 saturated carbocycles. The molecule has 110 valence electrons. The fraction of sp³-hybridized carbons (Fsp3) is 0.143. The number of rotatable bonds is 5. The number of para-hydroxylation sites is 1. The number of hydrazone groups is 1. The molecule has 1 amide bonds. The van der Waals surface area contributed by atoms with Gasteiger partial charge in [-0.25, -0.2) is 5.43 Å². The Hall–Kier alpha value is -1.60. The summed E-state index contributed by atoms with van der Waals surface area (Å²) in [5.41, 5.74) is 3.34. The Bertz CT molecular complexity index is 648. The first-order valence-electron chi connectivity index (χ1n) is 6.01. The summed E-state index contributed by atoms with van der Waals surface area (Å²) in [6.07, 6.45) is 1.40. The molecular formula is C14H12Br2N2O3. The molecule has 1 heterocycles. The number of hydrogen-bond acceptors (Lipinski definition) is 4. The SMILES string of the molecule is Cc1ccccc1OCC(=O)N/N=C/c1cc(Br)c(Br)o1. The van der Waals surface area contributed by atoms with Crippen LogP contribution >= 0.6 is 31.9 Å². The van der Waals surface area contributed by atoms with Gasteiger partial charge in [-0.2, -0.15) is 5.10 Å². The Labute approximate surface area is 138 Å². The smallest absolute Gasteiger partial charge is 0.277 e. The first-order valence-corrected chi connectivity index (χ1v) is 7.60. The van der Waals surface area contributed by atoms with Crippen molar-refractivity contribution in [1.82, 2.24) is 5.43 Å². The fourth-order valence-electron chi connectivity index (χ4n) is 1.49. The van der Waals surface area contributed by atoms with Gasteiger partial charge in [-0.1, -0.05) is 18.2 Å². The van der Waals surface area contributed by atoms with Crippen LogP contribution < -0.4 is 10.2 Å². The lowest BCUT2D eigenvalue weighted by molar-refractivity contribution is -0.123. The first-order chi connectivity index (χ1) is 10.1. The van der Waals surface area contributed by atoms with E-state index in [1.807, 2.05) is 31.2 Å². The number of amides is 1. The van der Waals surface area contributed by atoms with Crippen molar-refractivity contribution in [1.29, 1.82) is 0 Å². The average Bonchev–Trinajstić information content (AvgIpc) is 2.77. The van der Waals surface area contributed by atoms with Gasteiger partial charge in [-0.15, -0.1) is 0 Å². The van der Waals surface area contributed by atoms with E-state index in [0.717, 1.165) is 10.0 Å². The molecule has 1 aromatic carbocycles. The number of hydrogen-bond donors (Lipinski definition) is 1. The lowest BCUT2D eigenvalue weighted by atomic mass is 10.2. The van der Waals surface area contributed by atoms with Crippen molar-refractivity contribution < 1.29 is 13.9 Å². The zero-order valence-electron chi connectivity index (χ0n) is 11.1. The molecule has 0 radical (unpaired) electrons. The number of carbonyl (C=O) groups excluding carboxylic acids is 1. The van der Waals surface area contributed by atoms with Crippen LogP contribution in [0.2, 0.25) is 0 Å². The Morgan fingerprint density at radius 3 is 2.86 bits per heavy atom. The van der Waals surface area contributed by atoms with Crippen LogP contribution in [0.15, 0.2) is 49.0 Å². The summed E-state index contributed by atoms with van der Waals surface area (Å²) in [6, 6.07) is 9.21. The maximum Gasteiger partial charge on any atom is 0.277 e. The van der Waals surface area contributed by atoms with Gasteiger partial charge in [0.05, 0.1) is 10.7 Å². The molecule has 0 atom stereocenters. The predicted molar refractivity (Wildman–Crippen MR) is 86.5 cm³/mol. The number of nitrogens with zero attached hydrogens (tertiary/aromatic N) is 1. The molecule has 21 heavy (non-hydrogen) atoms. The van der Waals surface area contributed by atoms with Crippen LogP contribution in [0.3, 0.4) is 0 Å². The summed E-state index contributed by atoms with van der Waals surface area (Å²) < 4.78 is 12.0. The Kier molecular flexibility index (Phi) is 5.58. The third kappa shape index (κ3) is 4.71. The summed E-state index contributed by atoms with van der Waals surface area (Å²) in [5, 5.41) is 3.79. The zero-order chi connectivity index (χ0) is 15.2. The summed E-state index contributed by atoms with van der Waals surface area (Å²) in [7, 11) is 0. The van der Waals surface area contributed by atoms with E-state index in [1.165, 1.54) is 6.21 Å². The maximum atomic E-state index is 11.6. The van der Waals surface area contributed by atoms with Gasteiger partial charge >= 0.3 is 0 Å². The molecule has 0 bridgehead atoms. The zero-order valence-corrected chi connectivity index (χ0v) is 14.3. The van der Waals surface area contributed by atoms with Crippen molar-refractivity contribution in [3.63, 3.8) is 0 Å². The maximum absolute atomic E-state index is 11.6. The lowest BCUT2D eigenvalue weighted by Crippen LogP contribution is -2.24. The molecule has 2 rings (SSSR count). The van der Waals surface area contributed by atoms with E-state index >= 15 is 0 Å². The minimum Gasteiger partial charge on any atom is -0.483 e. The topological polar surface area (TPSA) is 63.8 Å².